The zero-order valence-electron chi connectivity index (χ0n) is 15.2. The third-order valence-corrected chi connectivity index (χ3v) is 4.61. The Morgan fingerprint density at radius 2 is 2.26 bits per heavy atom. The van der Waals surface area contributed by atoms with E-state index < -0.39 is 0 Å². The number of nitrogens with zero attached hydrogens (tertiary/aromatic N) is 5. The van der Waals surface area contributed by atoms with Crippen molar-refractivity contribution in [3.8, 4) is 17.4 Å². The first kappa shape index (κ1) is 17.0. The molecule has 0 saturated carbocycles. The first-order chi connectivity index (χ1) is 13.1. The number of hydrogen-bond acceptors (Lipinski definition) is 7. The smallest absolute Gasteiger partial charge is 0.290 e. The molecule has 2 N–H and O–H groups in total. The number of aromatic amines is 1. The van der Waals surface area contributed by atoms with Crippen molar-refractivity contribution in [2.45, 2.75) is 20.3 Å². The molecule has 27 heavy (non-hydrogen) atoms. The fourth-order valence-electron chi connectivity index (χ4n) is 3.21. The number of rotatable bonds is 4. The highest BCUT2D eigenvalue weighted by Gasteiger charge is 2.29. The van der Waals surface area contributed by atoms with Gasteiger partial charge < -0.3 is 14.8 Å². The van der Waals surface area contributed by atoms with Gasteiger partial charge in [0.1, 0.15) is 6.61 Å². The Bertz CT molecular complexity index is 981. The summed E-state index contributed by atoms with van der Waals surface area (Å²) in [6, 6.07) is 5.69. The Hall–Kier alpha value is -3.43. The number of anilines is 1. The molecule has 0 radical (unpaired) electrons. The number of methoxy groups -OCH3 is 1. The van der Waals surface area contributed by atoms with Gasteiger partial charge in [0.05, 0.1) is 30.1 Å². The van der Waals surface area contributed by atoms with Crippen molar-refractivity contribution in [1.82, 2.24) is 30.4 Å². The molecule has 10 heteroatoms. The minimum Gasteiger partial charge on any atom is -0.493 e. The standard InChI is InChI=1S/C17H19N7O3/c1-9-14(10(2)24(21-9)17-19-22-23-20-17)18-16(25)12-7-11-5-4-6-13(26-3)15(11)27-8-12/h4-6,12H,7-8H2,1-3H3,(H,18,25)(H,19,20,22,23). The molecule has 1 aliphatic heterocycles. The lowest BCUT2D eigenvalue weighted by Gasteiger charge is -2.25. The van der Waals surface area contributed by atoms with Crippen LogP contribution in [0.1, 0.15) is 17.0 Å². The first-order valence-corrected chi connectivity index (χ1v) is 8.48. The molecular formula is C17H19N7O3. The van der Waals surface area contributed by atoms with Crippen LogP contribution in [0.15, 0.2) is 18.2 Å². The highest BCUT2D eigenvalue weighted by molar-refractivity contribution is 5.94. The highest BCUT2D eigenvalue weighted by Crippen LogP contribution is 2.36. The summed E-state index contributed by atoms with van der Waals surface area (Å²) in [5.41, 5.74) is 2.99. The lowest BCUT2D eigenvalue weighted by atomic mass is 9.95. The number of nitrogens with one attached hydrogen (secondary N) is 2. The lowest BCUT2D eigenvalue weighted by molar-refractivity contribution is -0.121. The molecule has 3 aromatic rings. The molecule has 140 valence electrons. The number of benzene rings is 1. The minimum absolute atomic E-state index is 0.123. The van der Waals surface area contributed by atoms with E-state index in [0.717, 1.165) is 11.3 Å². The predicted octanol–water partition coefficient (Wildman–Crippen LogP) is 1.20. The molecule has 0 spiro atoms. The molecule has 1 aromatic carbocycles. The molecule has 1 aliphatic rings. The van der Waals surface area contributed by atoms with Crippen LogP contribution in [-0.4, -0.2) is 50.0 Å². The van der Waals surface area contributed by atoms with Gasteiger partial charge in [-0.25, -0.2) is 0 Å². The van der Waals surface area contributed by atoms with Crippen LogP contribution in [0.2, 0.25) is 0 Å². The Kier molecular flexibility index (Phi) is 4.22. The fourth-order valence-corrected chi connectivity index (χ4v) is 3.21. The second kappa shape index (κ2) is 6.71. The molecule has 3 heterocycles. The molecule has 10 nitrogen and oxygen atoms in total. The van der Waals surface area contributed by atoms with Crippen molar-refractivity contribution in [1.29, 1.82) is 0 Å². The molecule has 1 atom stereocenters. The van der Waals surface area contributed by atoms with E-state index in [-0.39, 0.29) is 18.4 Å². The molecule has 0 fully saturated rings. The molecule has 0 saturated heterocycles. The number of H-pyrrole nitrogens is 1. The van der Waals surface area contributed by atoms with E-state index in [1.54, 1.807) is 7.11 Å². The Morgan fingerprint density at radius 3 is 3.00 bits per heavy atom. The van der Waals surface area contributed by atoms with Gasteiger partial charge in [-0.3, -0.25) is 4.79 Å². The first-order valence-electron chi connectivity index (χ1n) is 8.48. The molecule has 1 unspecified atom stereocenters. The van der Waals surface area contributed by atoms with Crippen LogP contribution < -0.4 is 14.8 Å². The van der Waals surface area contributed by atoms with Gasteiger partial charge >= 0.3 is 0 Å². The SMILES string of the molecule is COc1cccc2c1OCC(C(=O)Nc1c(C)nn(-c3nn[nH]n3)c1C)C2. The van der Waals surface area contributed by atoms with Crippen LogP contribution in [0.4, 0.5) is 5.69 Å². The molecule has 0 bridgehead atoms. The van der Waals surface area contributed by atoms with Crippen LogP contribution in [0, 0.1) is 19.8 Å². The molecule has 2 aromatic heterocycles. The average Bonchev–Trinajstić information content (AvgIpc) is 3.31. The number of aromatic nitrogens is 6. The third-order valence-electron chi connectivity index (χ3n) is 4.61. The van der Waals surface area contributed by atoms with Crippen LogP contribution in [0.5, 0.6) is 11.5 Å². The van der Waals surface area contributed by atoms with Gasteiger partial charge in [-0.15, -0.1) is 5.10 Å². The summed E-state index contributed by atoms with van der Waals surface area (Å²) < 4.78 is 12.7. The number of fused-ring (bicyclic) bond motifs is 1. The van der Waals surface area contributed by atoms with Crippen LogP contribution >= 0.6 is 0 Å². The molecule has 0 aliphatic carbocycles. The maximum absolute atomic E-state index is 12.8. The van der Waals surface area contributed by atoms with Crippen molar-refractivity contribution in [3.05, 3.63) is 35.2 Å². The van der Waals surface area contributed by atoms with Gasteiger partial charge in [0.15, 0.2) is 11.5 Å². The van der Waals surface area contributed by atoms with Crippen molar-refractivity contribution >= 4 is 11.6 Å². The van der Waals surface area contributed by atoms with Gasteiger partial charge in [-0.2, -0.15) is 15.0 Å². The Labute approximate surface area is 154 Å². The topological polar surface area (TPSA) is 120 Å². The van der Waals surface area contributed by atoms with E-state index in [9.17, 15) is 4.79 Å². The van der Waals surface area contributed by atoms with Crippen molar-refractivity contribution in [2.75, 3.05) is 19.0 Å². The monoisotopic (exact) mass is 369 g/mol. The van der Waals surface area contributed by atoms with Crippen molar-refractivity contribution < 1.29 is 14.3 Å². The van der Waals surface area contributed by atoms with Gasteiger partial charge in [-0.1, -0.05) is 17.2 Å². The van der Waals surface area contributed by atoms with E-state index in [2.05, 4.69) is 31.0 Å². The second-order valence-corrected chi connectivity index (χ2v) is 6.32. The number of ether oxygens (including phenoxy) is 2. The van der Waals surface area contributed by atoms with E-state index >= 15 is 0 Å². The molecule has 4 rings (SSSR count). The maximum Gasteiger partial charge on any atom is 0.290 e. The van der Waals surface area contributed by atoms with Crippen LogP contribution in [0.3, 0.4) is 0 Å². The Morgan fingerprint density at radius 1 is 1.41 bits per heavy atom. The Balaban J connectivity index is 1.54. The highest BCUT2D eigenvalue weighted by atomic mass is 16.5. The quantitative estimate of drug-likeness (QED) is 0.709. The number of hydrogen-bond donors (Lipinski definition) is 2. The van der Waals surface area contributed by atoms with E-state index in [1.807, 2.05) is 32.0 Å². The summed E-state index contributed by atoms with van der Waals surface area (Å²) in [4.78, 5) is 12.8. The second-order valence-electron chi connectivity index (χ2n) is 6.32. The van der Waals surface area contributed by atoms with Crippen molar-refractivity contribution in [3.63, 3.8) is 0 Å². The number of carbonyl (C=O) groups excluding carboxylic acids is 1. The maximum atomic E-state index is 12.8. The summed E-state index contributed by atoms with van der Waals surface area (Å²) in [5.74, 6) is 1.28. The fraction of sp³-hybridized carbons (Fsp3) is 0.353. The number of tetrazole rings is 1. The molecule has 1 amide bonds. The van der Waals surface area contributed by atoms with Gasteiger partial charge in [0, 0.05) is 0 Å². The third kappa shape index (κ3) is 2.98. The number of carbonyl (C=O) groups is 1. The number of para-hydroxylation sites is 1. The minimum atomic E-state index is -0.308. The van der Waals surface area contributed by atoms with E-state index in [4.69, 9.17) is 9.47 Å². The largest absolute Gasteiger partial charge is 0.493 e. The summed E-state index contributed by atoms with van der Waals surface area (Å²) in [6.45, 7) is 3.94. The van der Waals surface area contributed by atoms with E-state index in [0.29, 0.717) is 35.2 Å². The number of amides is 1. The summed E-state index contributed by atoms with van der Waals surface area (Å²) in [5, 5.41) is 21.1. The van der Waals surface area contributed by atoms with Gasteiger partial charge in [-0.05, 0) is 37.1 Å². The number of aryl methyl sites for hydroxylation is 1. The van der Waals surface area contributed by atoms with Crippen molar-refractivity contribution in [2.24, 2.45) is 5.92 Å². The zero-order chi connectivity index (χ0) is 19.0. The normalized spacial score (nSPS) is 15.7. The summed E-state index contributed by atoms with van der Waals surface area (Å²) in [6.07, 6.45) is 0.579. The zero-order valence-corrected chi connectivity index (χ0v) is 15.2. The lowest BCUT2D eigenvalue weighted by Crippen LogP contribution is -2.33. The summed E-state index contributed by atoms with van der Waals surface area (Å²) >= 11 is 0. The predicted molar refractivity (Wildman–Crippen MR) is 95.1 cm³/mol. The molecular weight excluding hydrogens is 350 g/mol. The summed E-state index contributed by atoms with van der Waals surface area (Å²) in [7, 11) is 1.60. The van der Waals surface area contributed by atoms with Gasteiger partial charge in [0.25, 0.3) is 5.95 Å². The van der Waals surface area contributed by atoms with E-state index in [1.165, 1.54) is 4.68 Å². The average molecular weight is 369 g/mol. The van der Waals surface area contributed by atoms with Crippen LogP contribution in [0.25, 0.3) is 5.95 Å². The van der Waals surface area contributed by atoms with Gasteiger partial charge in [0.2, 0.25) is 5.91 Å². The van der Waals surface area contributed by atoms with Crippen LogP contribution in [-0.2, 0) is 11.2 Å².